The van der Waals surface area contributed by atoms with Crippen molar-refractivity contribution >= 4 is 5.95 Å². The molecule has 0 amide bonds. The van der Waals surface area contributed by atoms with Crippen LogP contribution in [0.3, 0.4) is 0 Å². The van der Waals surface area contributed by atoms with Crippen molar-refractivity contribution < 1.29 is 0 Å². The van der Waals surface area contributed by atoms with Crippen LogP contribution >= 0.6 is 0 Å². The Balaban J connectivity index is 2.16. The van der Waals surface area contributed by atoms with Gasteiger partial charge in [0, 0.05) is 17.3 Å². The second-order valence-electron chi connectivity index (χ2n) is 4.48. The molecular formula is C11H19N5. The fourth-order valence-electron chi connectivity index (χ4n) is 2.17. The summed E-state index contributed by atoms with van der Waals surface area (Å²) in [5.41, 5.74) is 4.61. The first kappa shape index (κ1) is 11.3. The van der Waals surface area contributed by atoms with Gasteiger partial charge in [0.1, 0.15) is 0 Å². The third-order valence-corrected chi connectivity index (χ3v) is 3.14. The number of anilines is 1. The summed E-state index contributed by atoms with van der Waals surface area (Å²) in [5.74, 6) is 6.42. The SMILES string of the molecule is Cc1cc(C2CCN(C)CC2)nc(NN)n1. The van der Waals surface area contributed by atoms with E-state index in [2.05, 4.69) is 33.4 Å². The topological polar surface area (TPSA) is 67.1 Å². The molecule has 1 aromatic rings. The molecule has 2 heterocycles. The van der Waals surface area contributed by atoms with Gasteiger partial charge in [0.05, 0.1) is 0 Å². The Hall–Kier alpha value is -1.20. The number of rotatable bonds is 2. The minimum absolute atomic E-state index is 0.522. The van der Waals surface area contributed by atoms with E-state index in [9.17, 15) is 0 Å². The average molecular weight is 221 g/mol. The van der Waals surface area contributed by atoms with Crippen molar-refractivity contribution in [3.63, 3.8) is 0 Å². The number of nitrogens with two attached hydrogens (primary N) is 1. The lowest BCUT2D eigenvalue weighted by molar-refractivity contribution is 0.253. The van der Waals surface area contributed by atoms with E-state index < -0.39 is 0 Å². The number of likely N-dealkylation sites (tertiary alicyclic amines) is 1. The fourth-order valence-corrected chi connectivity index (χ4v) is 2.17. The highest BCUT2D eigenvalue weighted by Crippen LogP contribution is 2.26. The molecule has 0 atom stereocenters. The standard InChI is InChI=1S/C11H19N5/c1-8-7-10(14-11(13-8)15-12)9-3-5-16(2)6-4-9/h7,9H,3-6,12H2,1-2H3,(H,13,14,15). The molecule has 0 radical (unpaired) electrons. The Morgan fingerprint density at radius 1 is 1.38 bits per heavy atom. The van der Waals surface area contributed by atoms with Gasteiger partial charge >= 0.3 is 0 Å². The maximum Gasteiger partial charge on any atom is 0.237 e. The molecule has 0 spiro atoms. The van der Waals surface area contributed by atoms with Gasteiger partial charge in [0.25, 0.3) is 0 Å². The molecule has 1 aromatic heterocycles. The molecule has 3 N–H and O–H groups in total. The number of nitrogens with zero attached hydrogens (tertiary/aromatic N) is 3. The van der Waals surface area contributed by atoms with Gasteiger partial charge in [0.2, 0.25) is 5.95 Å². The van der Waals surface area contributed by atoms with Crippen LogP contribution in [0.5, 0.6) is 0 Å². The van der Waals surface area contributed by atoms with Gasteiger partial charge in [-0.25, -0.2) is 15.8 Å². The maximum absolute atomic E-state index is 5.36. The smallest absolute Gasteiger partial charge is 0.237 e. The Morgan fingerprint density at radius 2 is 2.06 bits per heavy atom. The van der Waals surface area contributed by atoms with Gasteiger partial charge in [-0.15, -0.1) is 0 Å². The maximum atomic E-state index is 5.36. The molecule has 2 rings (SSSR count). The molecule has 1 fully saturated rings. The summed E-state index contributed by atoms with van der Waals surface area (Å²) in [6.07, 6.45) is 2.33. The van der Waals surface area contributed by atoms with Crippen LogP contribution in [-0.2, 0) is 0 Å². The van der Waals surface area contributed by atoms with Gasteiger partial charge in [-0.05, 0) is 46.0 Å². The summed E-state index contributed by atoms with van der Waals surface area (Å²) < 4.78 is 0. The zero-order chi connectivity index (χ0) is 11.5. The Labute approximate surface area is 96.0 Å². The van der Waals surface area contributed by atoms with Gasteiger partial charge < -0.3 is 4.90 Å². The number of hydrazine groups is 1. The number of hydrogen-bond acceptors (Lipinski definition) is 5. The third kappa shape index (κ3) is 2.48. The Bertz CT molecular complexity index is 357. The molecular weight excluding hydrogens is 202 g/mol. The van der Waals surface area contributed by atoms with Crippen molar-refractivity contribution in [1.29, 1.82) is 0 Å². The first-order chi connectivity index (χ1) is 7.69. The molecule has 0 bridgehead atoms. The lowest BCUT2D eigenvalue weighted by Gasteiger charge is -2.28. The Morgan fingerprint density at radius 3 is 2.69 bits per heavy atom. The molecule has 0 aliphatic carbocycles. The van der Waals surface area contributed by atoms with Crippen molar-refractivity contribution in [2.45, 2.75) is 25.7 Å². The van der Waals surface area contributed by atoms with Gasteiger partial charge in [0.15, 0.2) is 0 Å². The van der Waals surface area contributed by atoms with Crippen molar-refractivity contribution in [1.82, 2.24) is 14.9 Å². The van der Waals surface area contributed by atoms with Crippen LogP contribution in [0.2, 0.25) is 0 Å². The van der Waals surface area contributed by atoms with E-state index in [0.717, 1.165) is 37.3 Å². The zero-order valence-corrected chi connectivity index (χ0v) is 9.90. The number of aromatic nitrogens is 2. The van der Waals surface area contributed by atoms with Crippen molar-refractivity contribution in [2.75, 3.05) is 25.6 Å². The number of aryl methyl sites for hydroxylation is 1. The summed E-state index contributed by atoms with van der Waals surface area (Å²) in [7, 11) is 2.16. The molecule has 1 aliphatic heterocycles. The molecule has 5 heteroatoms. The van der Waals surface area contributed by atoms with Crippen LogP contribution in [0, 0.1) is 6.92 Å². The zero-order valence-electron chi connectivity index (χ0n) is 9.90. The number of nitrogen functional groups attached to an aromatic ring is 1. The van der Waals surface area contributed by atoms with Crippen LogP contribution < -0.4 is 11.3 Å². The predicted octanol–water partition coefficient (Wildman–Crippen LogP) is 0.880. The number of nitrogens with one attached hydrogen (secondary N) is 1. The Kier molecular flexibility index (Phi) is 3.36. The van der Waals surface area contributed by atoms with Crippen molar-refractivity contribution in [3.8, 4) is 0 Å². The van der Waals surface area contributed by atoms with Crippen LogP contribution in [0.25, 0.3) is 0 Å². The van der Waals surface area contributed by atoms with Crippen LogP contribution in [0.1, 0.15) is 30.1 Å². The van der Waals surface area contributed by atoms with E-state index >= 15 is 0 Å². The molecule has 16 heavy (non-hydrogen) atoms. The van der Waals surface area contributed by atoms with Crippen LogP contribution in [0.15, 0.2) is 6.07 Å². The highest BCUT2D eigenvalue weighted by atomic mass is 15.3. The first-order valence-electron chi connectivity index (χ1n) is 5.70. The summed E-state index contributed by atoms with van der Waals surface area (Å²) in [6.45, 7) is 4.25. The van der Waals surface area contributed by atoms with Crippen LogP contribution in [0.4, 0.5) is 5.95 Å². The quantitative estimate of drug-likeness (QED) is 0.573. The predicted molar refractivity (Wildman–Crippen MR) is 64.1 cm³/mol. The normalized spacial score (nSPS) is 18.7. The van der Waals surface area contributed by atoms with E-state index in [-0.39, 0.29) is 0 Å². The average Bonchev–Trinajstić information content (AvgIpc) is 2.29. The molecule has 0 unspecified atom stereocenters. The lowest BCUT2D eigenvalue weighted by Crippen LogP contribution is -2.29. The molecule has 1 saturated heterocycles. The molecule has 1 aliphatic rings. The van der Waals surface area contributed by atoms with E-state index in [1.54, 1.807) is 0 Å². The van der Waals surface area contributed by atoms with E-state index in [1.165, 1.54) is 0 Å². The monoisotopic (exact) mass is 221 g/mol. The second-order valence-corrected chi connectivity index (χ2v) is 4.48. The molecule has 0 saturated carbocycles. The summed E-state index contributed by atoms with van der Waals surface area (Å²) in [4.78, 5) is 11.0. The highest BCUT2D eigenvalue weighted by molar-refractivity contribution is 5.27. The minimum atomic E-state index is 0.522. The fraction of sp³-hybridized carbons (Fsp3) is 0.636. The minimum Gasteiger partial charge on any atom is -0.306 e. The number of piperidine rings is 1. The molecule has 88 valence electrons. The third-order valence-electron chi connectivity index (χ3n) is 3.14. The first-order valence-corrected chi connectivity index (χ1v) is 5.70. The second kappa shape index (κ2) is 4.76. The van der Waals surface area contributed by atoms with Crippen LogP contribution in [-0.4, -0.2) is 35.0 Å². The highest BCUT2D eigenvalue weighted by Gasteiger charge is 2.20. The summed E-state index contributed by atoms with van der Waals surface area (Å²) in [6, 6.07) is 2.07. The van der Waals surface area contributed by atoms with Crippen molar-refractivity contribution in [3.05, 3.63) is 17.5 Å². The van der Waals surface area contributed by atoms with E-state index in [4.69, 9.17) is 5.84 Å². The van der Waals surface area contributed by atoms with E-state index in [0.29, 0.717) is 11.9 Å². The van der Waals surface area contributed by atoms with Gasteiger partial charge in [-0.3, -0.25) is 5.43 Å². The lowest BCUT2D eigenvalue weighted by atomic mass is 9.93. The molecule has 0 aromatic carbocycles. The van der Waals surface area contributed by atoms with Gasteiger partial charge in [-0.1, -0.05) is 0 Å². The summed E-state index contributed by atoms with van der Waals surface area (Å²) in [5, 5.41) is 0. The largest absolute Gasteiger partial charge is 0.306 e. The van der Waals surface area contributed by atoms with E-state index in [1.807, 2.05) is 6.92 Å². The van der Waals surface area contributed by atoms with Crippen molar-refractivity contribution in [2.24, 2.45) is 5.84 Å². The van der Waals surface area contributed by atoms with Gasteiger partial charge in [-0.2, -0.15) is 0 Å². The molecule has 5 nitrogen and oxygen atoms in total. The summed E-state index contributed by atoms with van der Waals surface area (Å²) >= 11 is 0. The number of hydrogen-bond donors (Lipinski definition) is 2.